The zero-order valence-electron chi connectivity index (χ0n) is 10.2. The first-order chi connectivity index (χ1) is 8.73. The molecule has 1 rings (SSSR count). The topological polar surface area (TPSA) is 66.4 Å². The summed E-state index contributed by atoms with van der Waals surface area (Å²) in [5.41, 5.74) is -0.521. The van der Waals surface area contributed by atoms with Crippen LogP contribution >= 0.6 is 0 Å². The summed E-state index contributed by atoms with van der Waals surface area (Å²) in [6.07, 6.45) is 0. The molecule has 1 amide bonds. The molecular weight excluding hydrogens is 263 g/mol. The number of rotatable bonds is 4. The summed E-state index contributed by atoms with van der Waals surface area (Å²) < 4.78 is 39.4. The molecule has 0 saturated heterocycles. The maximum absolute atomic E-state index is 13.6. The van der Waals surface area contributed by atoms with Gasteiger partial charge in [-0.15, -0.1) is 0 Å². The summed E-state index contributed by atoms with van der Waals surface area (Å²) in [4.78, 5) is 22.0. The van der Waals surface area contributed by atoms with E-state index < -0.39 is 46.9 Å². The van der Waals surface area contributed by atoms with Crippen molar-refractivity contribution < 1.29 is 27.9 Å². The lowest BCUT2D eigenvalue weighted by molar-refractivity contribution is -0.139. The molecule has 4 nitrogen and oxygen atoms in total. The molecule has 0 aliphatic carbocycles. The van der Waals surface area contributed by atoms with E-state index in [-0.39, 0.29) is 6.07 Å². The summed E-state index contributed by atoms with van der Waals surface area (Å²) in [6, 6.07) is -0.211. The highest BCUT2D eigenvalue weighted by atomic mass is 19.2. The minimum Gasteiger partial charge on any atom is -0.481 e. The number of amides is 1. The maximum atomic E-state index is 13.6. The second-order valence-corrected chi connectivity index (χ2v) is 4.09. The van der Waals surface area contributed by atoms with E-state index in [2.05, 4.69) is 5.32 Å². The molecule has 0 spiro atoms. The van der Waals surface area contributed by atoms with Crippen LogP contribution in [-0.2, 0) is 9.59 Å². The molecule has 0 aliphatic rings. The van der Waals surface area contributed by atoms with Gasteiger partial charge in [0, 0.05) is 24.6 Å². The number of aliphatic carboxylic acids is 1. The van der Waals surface area contributed by atoms with Crippen LogP contribution in [-0.4, -0.2) is 23.0 Å². The molecule has 2 unspecified atom stereocenters. The number of benzene rings is 1. The molecule has 2 atom stereocenters. The monoisotopic (exact) mass is 275 g/mol. The maximum Gasteiger partial charge on any atom is 0.313 e. The minimum absolute atomic E-state index is 0.279. The Hall–Kier alpha value is -2.05. The van der Waals surface area contributed by atoms with Crippen LogP contribution in [0.25, 0.3) is 0 Å². The Kier molecular flexibility index (Phi) is 4.52. The van der Waals surface area contributed by atoms with E-state index in [9.17, 15) is 22.8 Å². The van der Waals surface area contributed by atoms with Crippen LogP contribution in [0.5, 0.6) is 0 Å². The van der Waals surface area contributed by atoms with Crippen molar-refractivity contribution in [3.05, 3.63) is 35.1 Å². The van der Waals surface area contributed by atoms with Gasteiger partial charge in [-0.3, -0.25) is 9.59 Å². The van der Waals surface area contributed by atoms with Crippen molar-refractivity contribution in [1.82, 2.24) is 5.32 Å². The number of carboxylic acid groups (broad SMARTS) is 1. The Morgan fingerprint density at radius 2 is 1.68 bits per heavy atom. The number of halogens is 3. The first kappa shape index (κ1) is 15.0. The highest BCUT2D eigenvalue weighted by molar-refractivity contribution is 5.79. The Morgan fingerprint density at radius 1 is 1.16 bits per heavy atom. The van der Waals surface area contributed by atoms with Gasteiger partial charge >= 0.3 is 5.97 Å². The average molecular weight is 275 g/mol. The molecule has 0 heterocycles. The lowest BCUT2D eigenvalue weighted by Gasteiger charge is -2.21. The van der Waals surface area contributed by atoms with Crippen molar-refractivity contribution in [3.63, 3.8) is 0 Å². The third kappa shape index (κ3) is 3.46. The standard InChI is InChI=1S/C12H12F3NO3/c1-5(16-6(2)17)11(12(18)19)7-3-9(14)10(15)4-8(7)13/h3-5,11H,1-2H3,(H,16,17)(H,18,19). The fourth-order valence-electron chi connectivity index (χ4n) is 1.80. The van der Waals surface area contributed by atoms with E-state index in [0.717, 1.165) is 6.92 Å². The summed E-state index contributed by atoms with van der Waals surface area (Å²) >= 11 is 0. The zero-order chi connectivity index (χ0) is 14.7. The van der Waals surface area contributed by atoms with Crippen molar-refractivity contribution in [3.8, 4) is 0 Å². The van der Waals surface area contributed by atoms with Crippen LogP contribution < -0.4 is 5.32 Å². The predicted octanol–water partition coefficient (Wildman–Crippen LogP) is 1.80. The van der Waals surface area contributed by atoms with Crippen LogP contribution in [0.15, 0.2) is 12.1 Å². The molecule has 2 N–H and O–H groups in total. The molecular formula is C12H12F3NO3. The molecule has 7 heteroatoms. The van der Waals surface area contributed by atoms with E-state index in [1.54, 1.807) is 0 Å². The molecule has 0 fully saturated rings. The largest absolute Gasteiger partial charge is 0.481 e. The van der Waals surface area contributed by atoms with Crippen LogP contribution in [0.2, 0.25) is 0 Å². The van der Waals surface area contributed by atoms with Gasteiger partial charge in [-0.2, -0.15) is 0 Å². The summed E-state index contributed by atoms with van der Waals surface area (Å²) in [5.74, 6) is -7.41. The number of carboxylic acids is 1. The SMILES string of the molecule is CC(=O)NC(C)C(C(=O)O)c1cc(F)c(F)cc1F. The summed E-state index contributed by atoms with van der Waals surface area (Å²) in [5, 5.41) is 11.3. The van der Waals surface area contributed by atoms with Gasteiger partial charge in [-0.25, -0.2) is 13.2 Å². The predicted molar refractivity (Wildman–Crippen MR) is 60.0 cm³/mol. The summed E-state index contributed by atoms with van der Waals surface area (Å²) in [6.45, 7) is 2.50. The van der Waals surface area contributed by atoms with Gasteiger partial charge in [0.05, 0.1) is 0 Å². The molecule has 1 aromatic rings. The second-order valence-electron chi connectivity index (χ2n) is 4.09. The summed E-state index contributed by atoms with van der Waals surface area (Å²) in [7, 11) is 0. The lowest BCUT2D eigenvalue weighted by atomic mass is 9.91. The van der Waals surface area contributed by atoms with E-state index in [1.807, 2.05) is 0 Å². The molecule has 0 aromatic heterocycles. The van der Waals surface area contributed by atoms with Gasteiger partial charge < -0.3 is 10.4 Å². The molecule has 104 valence electrons. The van der Waals surface area contributed by atoms with Crippen molar-refractivity contribution in [1.29, 1.82) is 0 Å². The van der Waals surface area contributed by atoms with Gasteiger partial charge in [-0.05, 0) is 13.0 Å². The number of carbonyl (C=O) groups is 2. The number of hydrogen-bond acceptors (Lipinski definition) is 2. The van der Waals surface area contributed by atoms with Gasteiger partial charge in [0.15, 0.2) is 11.6 Å². The van der Waals surface area contributed by atoms with Crippen molar-refractivity contribution in [2.45, 2.75) is 25.8 Å². The van der Waals surface area contributed by atoms with Crippen molar-refractivity contribution >= 4 is 11.9 Å². The van der Waals surface area contributed by atoms with Crippen molar-refractivity contribution in [2.24, 2.45) is 0 Å². The van der Waals surface area contributed by atoms with Gasteiger partial charge in [0.25, 0.3) is 0 Å². The highest BCUT2D eigenvalue weighted by Crippen LogP contribution is 2.25. The fourth-order valence-corrected chi connectivity index (χ4v) is 1.80. The first-order valence-electron chi connectivity index (χ1n) is 5.38. The first-order valence-corrected chi connectivity index (χ1v) is 5.38. The molecule has 0 radical (unpaired) electrons. The Morgan fingerprint density at radius 3 is 2.16 bits per heavy atom. The zero-order valence-corrected chi connectivity index (χ0v) is 10.2. The quantitative estimate of drug-likeness (QED) is 0.823. The van der Waals surface area contributed by atoms with Gasteiger partial charge in [0.2, 0.25) is 5.91 Å². The molecule has 0 saturated carbocycles. The molecule has 0 bridgehead atoms. The van der Waals surface area contributed by atoms with Crippen LogP contribution in [0.4, 0.5) is 13.2 Å². The van der Waals surface area contributed by atoms with Crippen molar-refractivity contribution in [2.75, 3.05) is 0 Å². The van der Waals surface area contributed by atoms with Crippen LogP contribution in [0.1, 0.15) is 25.3 Å². The van der Waals surface area contributed by atoms with E-state index in [1.165, 1.54) is 6.92 Å². The van der Waals surface area contributed by atoms with E-state index in [0.29, 0.717) is 6.07 Å². The second kappa shape index (κ2) is 5.73. The Balaban J connectivity index is 3.23. The number of carbonyl (C=O) groups excluding carboxylic acids is 1. The third-order valence-corrected chi connectivity index (χ3v) is 2.57. The Labute approximate surface area is 107 Å². The lowest BCUT2D eigenvalue weighted by Crippen LogP contribution is -2.39. The number of hydrogen-bond donors (Lipinski definition) is 2. The van der Waals surface area contributed by atoms with E-state index >= 15 is 0 Å². The molecule has 19 heavy (non-hydrogen) atoms. The fraction of sp³-hybridized carbons (Fsp3) is 0.333. The molecule has 0 aliphatic heterocycles. The highest BCUT2D eigenvalue weighted by Gasteiger charge is 2.30. The number of nitrogens with one attached hydrogen (secondary N) is 1. The average Bonchev–Trinajstić information content (AvgIpc) is 2.24. The third-order valence-electron chi connectivity index (χ3n) is 2.57. The van der Waals surface area contributed by atoms with E-state index in [4.69, 9.17) is 5.11 Å². The molecule has 1 aromatic carbocycles. The van der Waals surface area contributed by atoms with Gasteiger partial charge in [0.1, 0.15) is 11.7 Å². The minimum atomic E-state index is -1.51. The van der Waals surface area contributed by atoms with Crippen LogP contribution in [0, 0.1) is 17.5 Å². The smallest absolute Gasteiger partial charge is 0.313 e. The van der Waals surface area contributed by atoms with Crippen LogP contribution in [0.3, 0.4) is 0 Å². The Bertz CT molecular complexity index is 519. The normalized spacial score (nSPS) is 13.7. The van der Waals surface area contributed by atoms with Gasteiger partial charge in [-0.1, -0.05) is 0 Å².